The Hall–Kier alpha value is -2.45. The van der Waals surface area contributed by atoms with Crippen LogP contribution in [-0.4, -0.2) is 55.7 Å². The van der Waals surface area contributed by atoms with Crippen molar-refractivity contribution in [1.29, 1.82) is 0 Å². The number of aliphatic imine (C=N–C) groups is 1. The summed E-state index contributed by atoms with van der Waals surface area (Å²) in [5, 5.41) is 6.29. The average molecular weight is 428 g/mol. The van der Waals surface area contributed by atoms with Crippen LogP contribution in [-0.2, 0) is 11.3 Å². The number of hydrogen-bond donors (Lipinski definition) is 2. The topological polar surface area (TPSA) is 66.0 Å². The maximum Gasteiger partial charge on any atom is 0.422 e. The molecule has 0 bridgehead atoms. The number of piperidine rings is 1. The van der Waals surface area contributed by atoms with Crippen LogP contribution in [0.4, 0.5) is 13.2 Å². The Labute approximate surface area is 175 Å². The summed E-state index contributed by atoms with van der Waals surface area (Å²) in [5.74, 6) is 1.46. The van der Waals surface area contributed by atoms with Crippen LogP contribution >= 0.6 is 0 Å². The van der Waals surface area contributed by atoms with E-state index in [-0.39, 0.29) is 11.7 Å². The van der Waals surface area contributed by atoms with Gasteiger partial charge in [-0.2, -0.15) is 13.2 Å². The molecule has 0 aliphatic carbocycles. The number of ether oxygens (including phenoxy) is 1. The van der Waals surface area contributed by atoms with Gasteiger partial charge in [-0.3, -0.25) is 4.79 Å². The molecule has 0 saturated carbocycles. The third kappa shape index (κ3) is 8.92. The molecule has 0 spiro atoms. The molecule has 9 heteroatoms. The normalized spacial score (nSPS) is 17.6. The Bertz CT molecular complexity index is 692. The molecule has 30 heavy (non-hydrogen) atoms. The zero-order chi connectivity index (χ0) is 22.0. The van der Waals surface area contributed by atoms with E-state index in [0.29, 0.717) is 37.9 Å². The molecular formula is C21H31F3N4O2. The maximum absolute atomic E-state index is 12.4. The predicted molar refractivity (Wildman–Crippen MR) is 110 cm³/mol. The Morgan fingerprint density at radius 2 is 2.00 bits per heavy atom. The first-order valence-electron chi connectivity index (χ1n) is 10.3. The molecular weight excluding hydrogens is 397 g/mol. The van der Waals surface area contributed by atoms with Crippen molar-refractivity contribution >= 4 is 11.9 Å². The molecule has 0 radical (unpaired) electrons. The van der Waals surface area contributed by atoms with Gasteiger partial charge in [0.05, 0.1) is 6.54 Å². The minimum Gasteiger partial charge on any atom is -0.484 e. The summed E-state index contributed by atoms with van der Waals surface area (Å²) in [4.78, 5) is 18.8. The fourth-order valence-corrected chi connectivity index (χ4v) is 3.23. The molecule has 1 saturated heterocycles. The van der Waals surface area contributed by atoms with Gasteiger partial charge in [-0.25, -0.2) is 4.99 Å². The summed E-state index contributed by atoms with van der Waals surface area (Å²) in [7, 11) is 0. The molecule has 1 atom stereocenters. The highest BCUT2D eigenvalue weighted by Gasteiger charge is 2.28. The summed E-state index contributed by atoms with van der Waals surface area (Å²) in [6.45, 7) is 5.98. The minimum absolute atomic E-state index is 0.152. The van der Waals surface area contributed by atoms with E-state index in [4.69, 9.17) is 4.74 Å². The number of rotatable bonds is 8. The largest absolute Gasteiger partial charge is 0.484 e. The standard InChI is InChI=1S/C21H31F3N4O2/c1-3-25-20(26-11-10-19(29)28-12-4-5-16(2)14-28)27-13-17-6-8-18(9-7-17)30-15-21(22,23)24/h6-9,16H,3-5,10-15H2,1-2H3,(H2,25,26,27). The number of alkyl halides is 3. The van der Waals surface area contributed by atoms with E-state index in [0.717, 1.165) is 25.1 Å². The van der Waals surface area contributed by atoms with Crippen LogP contribution in [0.2, 0.25) is 0 Å². The van der Waals surface area contributed by atoms with Gasteiger partial charge in [-0.15, -0.1) is 0 Å². The van der Waals surface area contributed by atoms with E-state index in [2.05, 4.69) is 22.5 Å². The van der Waals surface area contributed by atoms with Gasteiger partial charge >= 0.3 is 6.18 Å². The SMILES string of the molecule is CCNC(=NCc1ccc(OCC(F)(F)F)cc1)NCCC(=O)N1CCCC(C)C1. The molecule has 1 unspecified atom stereocenters. The smallest absolute Gasteiger partial charge is 0.422 e. The van der Waals surface area contributed by atoms with Gasteiger partial charge in [-0.05, 0) is 43.4 Å². The zero-order valence-corrected chi connectivity index (χ0v) is 17.6. The van der Waals surface area contributed by atoms with Gasteiger partial charge in [0.2, 0.25) is 5.91 Å². The monoisotopic (exact) mass is 428 g/mol. The molecule has 1 aromatic carbocycles. The summed E-state index contributed by atoms with van der Waals surface area (Å²) in [5.41, 5.74) is 0.838. The van der Waals surface area contributed by atoms with Crippen molar-refractivity contribution in [3.8, 4) is 5.75 Å². The van der Waals surface area contributed by atoms with Crippen LogP contribution in [0.5, 0.6) is 5.75 Å². The van der Waals surface area contributed by atoms with Crippen molar-refractivity contribution in [2.75, 3.05) is 32.8 Å². The van der Waals surface area contributed by atoms with Crippen molar-refractivity contribution in [3.05, 3.63) is 29.8 Å². The first kappa shape index (κ1) is 23.8. The van der Waals surface area contributed by atoms with Crippen LogP contribution in [0.3, 0.4) is 0 Å². The second-order valence-corrected chi connectivity index (χ2v) is 7.51. The number of hydrogen-bond acceptors (Lipinski definition) is 3. The van der Waals surface area contributed by atoms with Gasteiger partial charge < -0.3 is 20.3 Å². The third-order valence-electron chi connectivity index (χ3n) is 4.73. The second-order valence-electron chi connectivity index (χ2n) is 7.51. The van der Waals surface area contributed by atoms with E-state index < -0.39 is 12.8 Å². The number of guanidine groups is 1. The molecule has 1 amide bonds. The molecule has 2 rings (SSSR count). The molecule has 0 aromatic heterocycles. The van der Waals surface area contributed by atoms with Gasteiger partial charge in [0.1, 0.15) is 5.75 Å². The van der Waals surface area contributed by atoms with Gasteiger partial charge in [-0.1, -0.05) is 19.1 Å². The van der Waals surface area contributed by atoms with Crippen molar-refractivity contribution in [2.45, 2.75) is 45.8 Å². The number of amides is 1. The van der Waals surface area contributed by atoms with Crippen molar-refractivity contribution in [2.24, 2.45) is 10.9 Å². The van der Waals surface area contributed by atoms with Crippen molar-refractivity contribution < 1.29 is 22.7 Å². The van der Waals surface area contributed by atoms with Crippen LogP contribution in [0.1, 0.15) is 38.7 Å². The number of nitrogens with one attached hydrogen (secondary N) is 2. The van der Waals surface area contributed by atoms with E-state index in [1.165, 1.54) is 18.6 Å². The van der Waals surface area contributed by atoms with E-state index >= 15 is 0 Å². The van der Waals surface area contributed by atoms with Crippen LogP contribution in [0, 0.1) is 5.92 Å². The number of likely N-dealkylation sites (tertiary alicyclic amines) is 1. The number of nitrogens with zero attached hydrogens (tertiary/aromatic N) is 2. The quantitative estimate of drug-likeness (QED) is 0.492. The molecule has 6 nitrogen and oxygen atoms in total. The zero-order valence-electron chi connectivity index (χ0n) is 17.6. The Kier molecular flexibility index (Phi) is 9.26. The van der Waals surface area contributed by atoms with E-state index in [9.17, 15) is 18.0 Å². The second kappa shape index (κ2) is 11.7. The number of benzene rings is 1. The predicted octanol–water partition coefficient (Wildman–Crippen LogP) is 3.33. The first-order valence-corrected chi connectivity index (χ1v) is 10.3. The van der Waals surface area contributed by atoms with E-state index in [1.54, 1.807) is 12.1 Å². The molecule has 2 N–H and O–H groups in total. The lowest BCUT2D eigenvalue weighted by atomic mass is 10.00. The Morgan fingerprint density at radius 3 is 2.63 bits per heavy atom. The summed E-state index contributed by atoms with van der Waals surface area (Å²) >= 11 is 0. The number of carbonyl (C=O) groups excluding carboxylic acids is 1. The summed E-state index contributed by atoms with van der Waals surface area (Å²) in [6, 6.07) is 6.35. The molecule has 1 heterocycles. The third-order valence-corrected chi connectivity index (χ3v) is 4.73. The van der Waals surface area contributed by atoms with Gasteiger partial charge in [0, 0.05) is 32.6 Å². The highest BCUT2D eigenvalue weighted by atomic mass is 19.4. The molecule has 1 fully saturated rings. The van der Waals surface area contributed by atoms with Crippen molar-refractivity contribution in [3.63, 3.8) is 0 Å². The number of halogens is 3. The lowest BCUT2D eigenvalue weighted by Gasteiger charge is -2.31. The summed E-state index contributed by atoms with van der Waals surface area (Å²) in [6.07, 6.45) is -1.72. The van der Waals surface area contributed by atoms with Crippen molar-refractivity contribution in [1.82, 2.24) is 15.5 Å². The van der Waals surface area contributed by atoms with Gasteiger partial charge in [0.25, 0.3) is 0 Å². The highest BCUT2D eigenvalue weighted by molar-refractivity contribution is 5.81. The fourth-order valence-electron chi connectivity index (χ4n) is 3.23. The fraction of sp³-hybridized carbons (Fsp3) is 0.619. The van der Waals surface area contributed by atoms with E-state index in [1.807, 2.05) is 11.8 Å². The Morgan fingerprint density at radius 1 is 1.27 bits per heavy atom. The number of carbonyl (C=O) groups is 1. The molecule has 1 aromatic rings. The molecule has 1 aliphatic heterocycles. The molecule has 1 aliphatic rings. The summed E-state index contributed by atoms with van der Waals surface area (Å²) < 4.78 is 41.3. The van der Waals surface area contributed by atoms with Crippen LogP contribution in [0.15, 0.2) is 29.3 Å². The molecule has 168 valence electrons. The minimum atomic E-state index is -4.36. The average Bonchev–Trinajstić information content (AvgIpc) is 2.70. The first-order chi connectivity index (χ1) is 14.3. The lowest BCUT2D eigenvalue weighted by Crippen LogP contribution is -2.42. The Balaban J connectivity index is 1.80. The highest BCUT2D eigenvalue weighted by Crippen LogP contribution is 2.19. The maximum atomic E-state index is 12.4. The van der Waals surface area contributed by atoms with Crippen LogP contribution in [0.25, 0.3) is 0 Å². The van der Waals surface area contributed by atoms with Gasteiger partial charge in [0.15, 0.2) is 12.6 Å². The lowest BCUT2D eigenvalue weighted by molar-refractivity contribution is -0.153. The van der Waals surface area contributed by atoms with Crippen LogP contribution < -0.4 is 15.4 Å².